The summed E-state index contributed by atoms with van der Waals surface area (Å²) in [5, 5.41) is 3.12. The third kappa shape index (κ3) is 4.84. The molecule has 3 nitrogen and oxygen atoms in total. The lowest BCUT2D eigenvalue weighted by Crippen LogP contribution is -2.38. The summed E-state index contributed by atoms with van der Waals surface area (Å²) < 4.78 is 17.9. The van der Waals surface area contributed by atoms with E-state index in [1.807, 2.05) is 13.0 Å². The molecule has 0 spiro atoms. The van der Waals surface area contributed by atoms with Gasteiger partial charge >= 0.3 is 5.97 Å². The zero-order valence-corrected chi connectivity index (χ0v) is 10.9. The van der Waals surface area contributed by atoms with Crippen LogP contribution < -0.4 is 5.32 Å². The molecule has 0 aliphatic carbocycles. The van der Waals surface area contributed by atoms with E-state index < -0.39 is 0 Å². The van der Waals surface area contributed by atoms with E-state index in [0.717, 1.165) is 5.56 Å². The normalized spacial score (nSPS) is 12.2. The van der Waals surface area contributed by atoms with E-state index in [0.29, 0.717) is 26.0 Å². The number of ether oxygens (including phenoxy) is 1. The first-order valence-corrected chi connectivity index (χ1v) is 6.31. The van der Waals surface area contributed by atoms with Crippen LogP contribution in [0.4, 0.5) is 4.39 Å². The Morgan fingerprint density at radius 1 is 1.44 bits per heavy atom. The summed E-state index contributed by atoms with van der Waals surface area (Å²) in [6.45, 7) is 4.73. The summed E-state index contributed by atoms with van der Waals surface area (Å²) in [7, 11) is 0. The lowest BCUT2D eigenvalue weighted by molar-refractivity contribution is -0.145. The van der Waals surface area contributed by atoms with Crippen molar-refractivity contribution in [1.29, 1.82) is 0 Å². The van der Waals surface area contributed by atoms with Crippen molar-refractivity contribution in [3.63, 3.8) is 0 Å². The van der Waals surface area contributed by atoms with Crippen LogP contribution in [0.3, 0.4) is 0 Å². The molecular formula is C14H20FNO2. The fourth-order valence-electron chi connectivity index (χ4n) is 1.72. The van der Waals surface area contributed by atoms with Gasteiger partial charge in [-0.1, -0.05) is 19.1 Å². The van der Waals surface area contributed by atoms with Gasteiger partial charge in [0.1, 0.15) is 11.9 Å². The molecule has 1 N–H and O–H groups in total. The van der Waals surface area contributed by atoms with Crippen molar-refractivity contribution in [2.45, 2.75) is 32.7 Å². The summed E-state index contributed by atoms with van der Waals surface area (Å²) >= 11 is 0. The molecule has 1 aromatic carbocycles. The molecule has 1 unspecified atom stereocenters. The van der Waals surface area contributed by atoms with Crippen LogP contribution in [-0.4, -0.2) is 25.2 Å². The summed E-state index contributed by atoms with van der Waals surface area (Å²) in [4.78, 5) is 11.5. The minimum atomic E-state index is -0.279. The lowest BCUT2D eigenvalue weighted by Gasteiger charge is -2.15. The molecule has 1 atom stereocenters. The highest BCUT2D eigenvalue weighted by Crippen LogP contribution is 2.04. The van der Waals surface area contributed by atoms with Crippen LogP contribution in [0, 0.1) is 5.82 Å². The standard InChI is InChI=1S/C14H20FNO2/c1-3-13(14(17)18-4-2)16-9-8-11-6-5-7-12(15)10-11/h5-7,10,13,16H,3-4,8-9H2,1-2H3. The number of rotatable bonds is 7. The average molecular weight is 253 g/mol. The summed E-state index contributed by atoms with van der Waals surface area (Å²) in [5.41, 5.74) is 0.918. The second-order valence-electron chi connectivity index (χ2n) is 4.05. The maximum atomic E-state index is 13.0. The van der Waals surface area contributed by atoms with Gasteiger partial charge in [0.15, 0.2) is 0 Å². The van der Waals surface area contributed by atoms with Gasteiger partial charge < -0.3 is 10.1 Å². The zero-order valence-electron chi connectivity index (χ0n) is 10.9. The number of carbonyl (C=O) groups is 1. The van der Waals surface area contributed by atoms with Gasteiger partial charge in [-0.25, -0.2) is 4.39 Å². The van der Waals surface area contributed by atoms with Crippen molar-refractivity contribution < 1.29 is 13.9 Å². The molecule has 1 aromatic rings. The Morgan fingerprint density at radius 3 is 2.83 bits per heavy atom. The Morgan fingerprint density at radius 2 is 2.22 bits per heavy atom. The largest absolute Gasteiger partial charge is 0.465 e. The van der Waals surface area contributed by atoms with Crippen LogP contribution in [-0.2, 0) is 16.0 Å². The Bertz CT molecular complexity index is 382. The summed E-state index contributed by atoms with van der Waals surface area (Å²) in [5.74, 6) is -0.454. The van der Waals surface area contributed by atoms with Gasteiger partial charge in [-0.15, -0.1) is 0 Å². The predicted octanol–water partition coefficient (Wildman–Crippen LogP) is 2.30. The Kier molecular flexibility index (Phi) is 6.36. The summed E-state index contributed by atoms with van der Waals surface area (Å²) in [6, 6.07) is 6.21. The Hall–Kier alpha value is -1.42. The van der Waals surface area contributed by atoms with Gasteiger partial charge in [0, 0.05) is 0 Å². The average Bonchev–Trinajstić information content (AvgIpc) is 2.35. The molecule has 0 fully saturated rings. The lowest BCUT2D eigenvalue weighted by atomic mass is 10.1. The number of hydrogen-bond acceptors (Lipinski definition) is 3. The quantitative estimate of drug-likeness (QED) is 0.758. The number of hydrogen-bond donors (Lipinski definition) is 1. The SMILES string of the molecule is CCOC(=O)C(CC)NCCc1cccc(F)c1. The van der Waals surface area contributed by atoms with E-state index in [1.165, 1.54) is 12.1 Å². The van der Waals surface area contributed by atoms with Crippen LogP contribution in [0.5, 0.6) is 0 Å². The molecule has 18 heavy (non-hydrogen) atoms. The Labute approximate surface area is 107 Å². The molecule has 0 saturated heterocycles. The van der Waals surface area contributed by atoms with Gasteiger partial charge in [0.2, 0.25) is 0 Å². The van der Waals surface area contributed by atoms with E-state index in [9.17, 15) is 9.18 Å². The first-order valence-electron chi connectivity index (χ1n) is 6.31. The van der Waals surface area contributed by atoms with E-state index >= 15 is 0 Å². The van der Waals surface area contributed by atoms with Crippen LogP contribution in [0.15, 0.2) is 24.3 Å². The zero-order chi connectivity index (χ0) is 13.4. The van der Waals surface area contributed by atoms with Crippen molar-refractivity contribution in [3.8, 4) is 0 Å². The highest BCUT2D eigenvalue weighted by atomic mass is 19.1. The second-order valence-corrected chi connectivity index (χ2v) is 4.05. The second kappa shape index (κ2) is 7.82. The van der Waals surface area contributed by atoms with Gasteiger partial charge in [0.25, 0.3) is 0 Å². The van der Waals surface area contributed by atoms with Crippen molar-refractivity contribution >= 4 is 5.97 Å². The van der Waals surface area contributed by atoms with Crippen LogP contribution in [0.25, 0.3) is 0 Å². The van der Waals surface area contributed by atoms with E-state index in [4.69, 9.17) is 4.74 Å². The maximum Gasteiger partial charge on any atom is 0.323 e. The third-order valence-corrected chi connectivity index (χ3v) is 2.67. The number of halogens is 1. The molecule has 0 amide bonds. The number of nitrogens with one attached hydrogen (secondary N) is 1. The molecule has 0 bridgehead atoms. The Balaban J connectivity index is 2.37. The molecule has 0 aliphatic heterocycles. The monoisotopic (exact) mass is 253 g/mol. The van der Waals surface area contributed by atoms with Crippen LogP contribution in [0.2, 0.25) is 0 Å². The predicted molar refractivity (Wildman–Crippen MR) is 68.8 cm³/mol. The van der Waals surface area contributed by atoms with Gasteiger partial charge in [-0.05, 0) is 44.0 Å². The third-order valence-electron chi connectivity index (χ3n) is 2.67. The molecule has 4 heteroatoms. The fraction of sp³-hybridized carbons (Fsp3) is 0.500. The number of esters is 1. The maximum absolute atomic E-state index is 13.0. The molecule has 0 aromatic heterocycles. The number of benzene rings is 1. The minimum absolute atomic E-state index is 0.223. The highest BCUT2D eigenvalue weighted by molar-refractivity contribution is 5.75. The molecule has 0 radical (unpaired) electrons. The molecule has 100 valence electrons. The van der Waals surface area contributed by atoms with E-state index in [2.05, 4.69) is 5.32 Å². The highest BCUT2D eigenvalue weighted by Gasteiger charge is 2.16. The van der Waals surface area contributed by atoms with Crippen LogP contribution >= 0.6 is 0 Å². The smallest absolute Gasteiger partial charge is 0.323 e. The van der Waals surface area contributed by atoms with Crippen molar-refractivity contribution in [2.75, 3.05) is 13.2 Å². The first kappa shape index (κ1) is 14.6. The molecule has 0 heterocycles. The topological polar surface area (TPSA) is 38.3 Å². The van der Waals surface area contributed by atoms with Crippen molar-refractivity contribution in [3.05, 3.63) is 35.6 Å². The van der Waals surface area contributed by atoms with Gasteiger partial charge in [-0.3, -0.25) is 4.79 Å². The van der Waals surface area contributed by atoms with Gasteiger partial charge in [-0.2, -0.15) is 0 Å². The molecule has 1 rings (SSSR count). The van der Waals surface area contributed by atoms with Crippen molar-refractivity contribution in [2.24, 2.45) is 0 Å². The minimum Gasteiger partial charge on any atom is -0.465 e. The number of carbonyl (C=O) groups excluding carboxylic acids is 1. The molecule has 0 aliphatic rings. The first-order chi connectivity index (χ1) is 8.67. The van der Waals surface area contributed by atoms with E-state index in [-0.39, 0.29) is 17.8 Å². The van der Waals surface area contributed by atoms with Crippen molar-refractivity contribution in [1.82, 2.24) is 5.32 Å². The van der Waals surface area contributed by atoms with E-state index in [1.54, 1.807) is 13.0 Å². The fourth-order valence-corrected chi connectivity index (χ4v) is 1.72. The van der Waals surface area contributed by atoms with Gasteiger partial charge in [0.05, 0.1) is 6.61 Å². The molecule has 0 saturated carbocycles. The molecular weight excluding hydrogens is 233 g/mol. The summed E-state index contributed by atoms with van der Waals surface area (Å²) in [6.07, 6.45) is 1.37. The van der Waals surface area contributed by atoms with Crippen LogP contribution in [0.1, 0.15) is 25.8 Å².